The van der Waals surface area contributed by atoms with Crippen LogP contribution in [0.25, 0.3) is 80.7 Å². The van der Waals surface area contributed by atoms with Crippen LogP contribution in [0.3, 0.4) is 0 Å². The molecular weight excluding hydrogens is 520 g/mol. The first-order chi connectivity index (χ1) is 20.3. The van der Waals surface area contributed by atoms with Gasteiger partial charge in [0.1, 0.15) is 17.2 Å². The van der Waals surface area contributed by atoms with E-state index in [0.29, 0.717) is 5.56 Å². The van der Waals surface area contributed by atoms with Crippen LogP contribution in [0.15, 0.2) is 126 Å². The van der Waals surface area contributed by atoms with Gasteiger partial charge >= 0.3 is 0 Å². The molecule has 0 radical (unpaired) electrons. The van der Waals surface area contributed by atoms with Crippen molar-refractivity contribution in [2.24, 2.45) is 0 Å². The van der Waals surface area contributed by atoms with Crippen molar-refractivity contribution in [1.29, 1.82) is 5.26 Å². The molecule has 3 aromatic heterocycles. The van der Waals surface area contributed by atoms with Gasteiger partial charge in [-0.15, -0.1) is 11.3 Å². The molecule has 6 aromatic carbocycles. The van der Waals surface area contributed by atoms with Gasteiger partial charge in [0.25, 0.3) is 0 Å². The summed E-state index contributed by atoms with van der Waals surface area (Å²) < 4.78 is 10.7. The summed E-state index contributed by atoms with van der Waals surface area (Å²) in [6.45, 7) is 0. The first kappa shape index (κ1) is 22.4. The number of hydrogen-bond donors (Lipinski definition) is 0. The third-order valence-electron chi connectivity index (χ3n) is 8.23. The van der Waals surface area contributed by atoms with Crippen molar-refractivity contribution in [1.82, 2.24) is 4.57 Å². The van der Waals surface area contributed by atoms with E-state index in [-0.39, 0.29) is 0 Å². The van der Waals surface area contributed by atoms with Gasteiger partial charge < -0.3 is 8.98 Å². The van der Waals surface area contributed by atoms with Gasteiger partial charge in [0.15, 0.2) is 0 Å². The van der Waals surface area contributed by atoms with E-state index in [4.69, 9.17) is 4.42 Å². The number of hydrogen-bond acceptors (Lipinski definition) is 3. The topological polar surface area (TPSA) is 41.9 Å². The Bertz CT molecular complexity index is 2500. The normalized spacial score (nSPS) is 11.9. The van der Waals surface area contributed by atoms with Gasteiger partial charge in [0, 0.05) is 32.3 Å². The molecule has 0 unspecified atom stereocenters. The van der Waals surface area contributed by atoms with Crippen molar-refractivity contribution >= 4 is 75.3 Å². The van der Waals surface area contributed by atoms with Crippen molar-refractivity contribution in [3.63, 3.8) is 0 Å². The molecule has 3 nitrogen and oxygen atoms in total. The molecule has 3 heterocycles. The standard InChI is InChI=1S/C37H20N2OS/c38-21-24-18-23(22-16-17-28-27-10-3-6-15-34(27)40-35(28)20-22)19-30-29-11-7-14-33(37(29)41-36(24)30)39-31-12-4-1-8-25(31)26-9-2-5-13-32(26)39/h1-20H. The third-order valence-corrected chi connectivity index (χ3v) is 9.51. The molecule has 0 saturated heterocycles. The predicted molar refractivity (Wildman–Crippen MR) is 171 cm³/mol. The molecule has 0 aliphatic carbocycles. The Morgan fingerprint density at radius 2 is 1.22 bits per heavy atom. The van der Waals surface area contributed by atoms with Crippen molar-refractivity contribution in [2.45, 2.75) is 0 Å². The zero-order chi connectivity index (χ0) is 27.1. The third kappa shape index (κ3) is 3.12. The molecule has 0 amide bonds. The maximum absolute atomic E-state index is 10.3. The van der Waals surface area contributed by atoms with E-state index in [1.165, 1.54) is 26.5 Å². The molecule has 190 valence electrons. The van der Waals surface area contributed by atoms with Gasteiger partial charge in [-0.05, 0) is 59.7 Å². The number of fused-ring (bicyclic) bond motifs is 9. The molecule has 41 heavy (non-hydrogen) atoms. The second-order valence-corrected chi connectivity index (χ2v) is 11.5. The largest absolute Gasteiger partial charge is 0.456 e. The molecule has 0 N–H and O–H groups in total. The fourth-order valence-corrected chi connectivity index (χ4v) is 7.65. The lowest BCUT2D eigenvalue weighted by atomic mass is 9.98. The van der Waals surface area contributed by atoms with Crippen LogP contribution >= 0.6 is 11.3 Å². The maximum Gasteiger partial charge on any atom is 0.136 e. The Kier molecular flexibility index (Phi) is 4.55. The summed E-state index contributed by atoms with van der Waals surface area (Å²) in [6.07, 6.45) is 0. The minimum Gasteiger partial charge on any atom is -0.456 e. The minimum atomic E-state index is 0.691. The van der Waals surface area contributed by atoms with Gasteiger partial charge in [0.05, 0.1) is 31.7 Å². The van der Waals surface area contributed by atoms with Crippen LogP contribution in [-0.2, 0) is 0 Å². The van der Waals surface area contributed by atoms with E-state index in [0.717, 1.165) is 54.2 Å². The van der Waals surface area contributed by atoms with Crippen LogP contribution in [0.5, 0.6) is 0 Å². The van der Waals surface area contributed by atoms with Crippen molar-refractivity contribution in [3.8, 4) is 22.9 Å². The minimum absolute atomic E-state index is 0.691. The number of nitriles is 1. The Hall–Kier alpha value is -5.37. The summed E-state index contributed by atoms with van der Waals surface area (Å²) in [7, 11) is 0. The zero-order valence-electron chi connectivity index (χ0n) is 21.8. The average Bonchev–Trinajstić information content (AvgIpc) is 3.70. The second-order valence-electron chi connectivity index (χ2n) is 10.4. The molecule has 0 fully saturated rings. The Labute approximate surface area is 238 Å². The molecule has 0 aliphatic rings. The van der Waals surface area contributed by atoms with Crippen molar-refractivity contribution in [3.05, 3.63) is 127 Å². The highest BCUT2D eigenvalue weighted by molar-refractivity contribution is 7.26. The smallest absolute Gasteiger partial charge is 0.136 e. The highest BCUT2D eigenvalue weighted by Crippen LogP contribution is 2.43. The molecule has 0 spiro atoms. The Morgan fingerprint density at radius 1 is 0.537 bits per heavy atom. The number of para-hydroxylation sites is 3. The Morgan fingerprint density at radius 3 is 2.00 bits per heavy atom. The van der Waals surface area contributed by atoms with Gasteiger partial charge in [-0.25, -0.2) is 0 Å². The summed E-state index contributed by atoms with van der Waals surface area (Å²) >= 11 is 1.70. The van der Waals surface area contributed by atoms with Gasteiger partial charge in [-0.1, -0.05) is 72.8 Å². The first-order valence-electron chi connectivity index (χ1n) is 13.6. The Balaban J connectivity index is 1.31. The van der Waals surface area contributed by atoms with Crippen LogP contribution in [0.1, 0.15) is 5.56 Å². The number of thiophene rings is 1. The summed E-state index contributed by atoms with van der Waals surface area (Å²) in [5.74, 6) is 0. The molecular formula is C37H20N2OS. The number of furan rings is 1. The SMILES string of the molecule is N#Cc1cc(-c2ccc3c(c2)oc2ccccc23)cc2c1sc1c(-n3c4ccccc4c4ccccc43)cccc12. The van der Waals surface area contributed by atoms with Gasteiger partial charge in [-0.2, -0.15) is 5.26 Å². The van der Waals surface area contributed by atoms with Crippen molar-refractivity contribution in [2.75, 3.05) is 0 Å². The lowest BCUT2D eigenvalue weighted by Crippen LogP contribution is -1.93. The van der Waals surface area contributed by atoms with E-state index in [9.17, 15) is 5.26 Å². The molecule has 9 rings (SSSR count). The number of rotatable bonds is 2. The molecule has 0 saturated carbocycles. The fourth-order valence-electron chi connectivity index (χ4n) is 6.40. The number of aromatic nitrogens is 1. The van der Waals surface area contributed by atoms with E-state index in [2.05, 4.69) is 108 Å². The molecule has 0 bridgehead atoms. The summed E-state index contributed by atoms with van der Waals surface area (Å²) in [6, 6.07) is 44.9. The summed E-state index contributed by atoms with van der Waals surface area (Å²) in [5, 5.41) is 17.2. The van der Waals surface area contributed by atoms with E-state index >= 15 is 0 Å². The van der Waals surface area contributed by atoms with Crippen molar-refractivity contribution < 1.29 is 4.42 Å². The zero-order valence-corrected chi connectivity index (χ0v) is 22.6. The number of nitrogens with zero attached hydrogens (tertiary/aromatic N) is 2. The van der Waals surface area contributed by atoms with E-state index in [1.54, 1.807) is 11.3 Å². The summed E-state index contributed by atoms with van der Waals surface area (Å²) in [4.78, 5) is 0. The monoisotopic (exact) mass is 540 g/mol. The molecule has 9 aromatic rings. The van der Waals surface area contributed by atoms with Gasteiger partial charge in [-0.3, -0.25) is 0 Å². The maximum atomic E-state index is 10.3. The highest BCUT2D eigenvalue weighted by atomic mass is 32.1. The fraction of sp³-hybridized carbons (Fsp3) is 0. The van der Waals surface area contributed by atoms with Crippen LogP contribution < -0.4 is 0 Å². The lowest BCUT2D eigenvalue weighted by Gasteiger charge is -2.09. The second kappa shape index (κ2) is 8.32. The average molecular weight is 541 g/mol. The molecule has 0 atom stereocenters. The van der Waals surface area contributed by atoms with Crippen LogP contribution in [0.4, 0.5) is 0 Å². The van der Waals surface area contributed by atoms with E-state index < -0.39 is 0 Å². The number of benzene rings is 6. The summed E-state index contributed by atoms with van der Waals surface area (Å²) in [5.41, 5.74) is 7.97. The van der Waals surface area contributed by atoms with Crippen LogP contribution in [0, 0.1) is 11.3 Å². The quantitative estimate of drug-likeness (QED) is 0.219. The van der Waals surface area contributed by atoms with Crippen LogP contribution in [0.2, 0.25) is 0 Å². The predicted octanol–water partition coefficient (Wildman–Crippen LogP) is 10.6. The highest BCUT2D eigenvalue weighted by Gasteiger charge is 2.18. The van der Waals surface area contributed by atoms with Crippen LogP contribution in [-0.4, -0.2) is 4.57 Å². The first-order valence-corrected chi connectivity index (χ1v) is 14.4. The van der Waals surface area contributed by atoms with E-state index in [1.807, 2.05) is 24.3 Å². The molecule has 4 heteroatoms. The molecule has 0 aliphatic heterocycles. The lowest BCUT2D eigenvalue weighted by molar-refractivity contribution is 0.669. The van der Waals surface area contributed by atoms with Gasteiger partial charge in [0.2, 0.25) is 0 Å².